The van der Waals surface area contributed by atoms with Crippen LogP contribution >= 0.6 is 0 Å². The summed E-state index contributed by atoms with van der Waals surface area (Å²) in [4.78, 5) is 4.97. The van der Waals surface area contributed by atoms with E-state index in [1.807, 2.05) is 0 Å². The van der Waals surface area contributed by atoms with Crippen LogP contribution in [0.15, 0.2) is 182 Å². The molecule has 13 rings (SSSR count). The highest BCUT2D eigenvalue weighted by Crippen LogP contribution is 2.62. The third kappa shape index (κ3) is 5.74. The second kappa shape index (κ2) is 14.6. The number of rotatable bonds is 6. The summed E-state index contributed by atoms with van der Waals surface area (Å²) in [7, 11) is 0. The minimum Gasteiger partial charge on any atom is -0.310 e. The van der Waals surface area contributed by atoms with Crippen LogP contribution < -0.4 is 9.80 Å². The Hall–Kier alpha value is -7.42. The molecule has 70 heavy (non-hydrogen) atoms. The lowest BCUT2D eigenvalue weighted by Gasteiger charge is -2.32. The molecule has 9 aromatic rings. The second-order valence-electron chi connectivity index (χ2n) is 22.7. The molecule has 4 aliphatic rings. The lowest BCUT2D eigenvalue weighted by Crippen LogP contribution is -2.24. The lowest BCUT2D eigenvalue weighted by molar-refractivity contribution is 0.601. The summed E-state index contributed by atoms with van der Waals surface area (Å²) in [6.07, 6.45) is 0. The molecule has 0 N–H and O–H groups in total. The van der Waals surface area contributed by atoms with Crippen molar-refractivity contribution in [3.8, 4) is 44.5 Å². The van der Waals surface area contributed by atoms with Gasteiger partial charge in [-0.2, -0.15) is 0 Å². The van der Waals surface area contributed by atoms with E-state index in [-0.39, 0.29) is 21.7 Å². The van der Waals surface area contributed by atoms with Crippen molar-refractivity contribution >= 4 is 34.1 Å². The van der Waals surface area contributed by atoms with Gasteiger partial charge in [0, 0.05) is 55.8 Å². The summed E-state index contributed by atoms with van der Waals surface area (Å²) in [6, 6.07) is 68.9. The molecule has 0 saturated heterocycles. The van der Waals surface area contributed by atoms with Gasteiger partial charge in [-0.05, 0) is 187 Å². The van der Waals surface area contributed by atoms with E-state index in [9.17, 15) is 0 Å². The van der Waals surface area contributed by atoms with Crippen LogP contribution in [-0.2, 0) is 21.7 Å². The first-order valence-corrected chi connectivity index (χ1v) is 25.3. The van der Waals surface area contributed by atoms with Gasteiger partial charge in [-0.1, -0.05) is 165 Å². The maximum Gasteiger partial charge on any atom is 0.0467 e. The normalized spacial score (nSPS) is 16.0. The molecule has 0 unspecified atom stereocenters. The highest BCUT2D eigenvalue weighted by atomic mass is 15.1. The highest BCUT2D eigenvalue weighted by molar-refractivity contribution is 5.96. The van der Waals surface area contributed by atoms with Crippen LogP contribution in [0.4, 0.5) is 34.1 Å². The number of aryl methyl sites for hydroxylation is 2. The molecule has 0 spiro atoms. The van der Waals surface area contributed by atoms with E-state index in [4.69, 9.17) is 0 Å². The van der Waals surface area contributed by atoms with Crippen molar-refractivity contribution in [2.24, 2.45) is 0 Å². The van der Waals surface area contributed by atoms with E-state index in [2.05, 4.69) is 261 Å². The van der Waals surface area contributed by atoms with Gasteiger partial charge in [-0.15, -0.1) is 0 Å². The minimum absolute atomic E-state index is 0.0997. The Morgan fingerprint density at radius 2 is 0.586 bits per heavy atom. The van der Waals surface area contributed by atoms with Crippen LogP contribution in [0, 0.1) is 13.8 Å². The third-order valence-electron chi connectivity index (χ3n) is 17.2. The molecule has 0 heterocycles. The Balaban J connectivity index is 0.929. The monoisotopic (exact) mass is 904 g/mol. The summed E-state index contributed by atoms with van der Waals surface area (Å²) >= 11 is 0. The van der Waals surface area contributed by atoms with Crippen molar-refractivity contribution in [2.75, 3.05) is 9.80 Å². The number of hydrogen-bond donors (Lipinski definition) is 0. The van der Waals surface area contributed by atoms with Crippen LogP contribution in [0.2, 0.25) is 0 Å². The maximum atomic E-state index is 2.52. The zero-order chi connectivity index (χ0) is 48.2. The molecule has 0 bridgehead atoms. The molecule has 2 nitrogen and oxygen atoms in total. The SMILES string of the molecule is Cc1cc(N(c2ccccc2)c2ccc3c(c2)C(C)(C)c2ccccc2-3)cc2c1-c1ccc3c(c1C2(C)C)C(C)(C)c1cc(N(c2ccccc2)c2ccc4c(c2)C(C)(C)c2ccccc2-4)cc(C)c1-3. The van der Waals surface area contributed by atoms with E-state index in [1.54, 1.807) is 0 Å². The minimum atomic E-state index is -0.262. The van der Waals surface area contributed by atoms with Crippen LogP contribution in [0.5, 0.6) is 0 Å². The third-order valence-corrected chi connectivity index (χ3v) is 17.2. The molecule has 0 atom stereocenters. The zero-order valence-corrected chi connectivity index (χ0v) is 42.2. The van der Waals surface area contributed by atoms with Crippen molar-refractivity contribution in [1.29, 1.82) is 0 Å². The summed E-state index contributed by atoms with van der Waals surface area (Å²) in [5, 5.41) is 0. The average molecular weight is 905 g/mol. The van der Waals surface area contributed by atoms with Gasteiger partial charge in [0.2, 0.25) is 0 Å². The van der Waals surface area contributed by atoms with Crippen molar-refractivity contribution in [3.05, 3.63) is 238 Å². The molecule has 0 saturated carbocycles. The lowest BCUT2D eigenvalue weighted by atomic mass is 9.72. The maximum absolute atomic E-state index is 2.52. The highest BCUT2D eigenvalue weighted by Gasteiger charge is 2.47. The first kappa shape index (κ1) is 42.7. The Kier molecular flexibility index (Phi) is 8.88. The van der Waals surface area contributed by atoms with Gasteiger partial charge < -0.3 is 9.80 Å². The summed E-state index contributed by atoms with van der Waals surface area (Å²) < 4.78 is 0. The Morgan fingerprint density at radius 1 is 0.257 bits per heavy atom. The van der Waals surface area contributed by atoms with Crippen molar-refractivity contribution in [3.63, 3.8) is 0 Å². The number of nitrogens with zero attached hydrogens (tertiary/aromatic N) is 2. The van der Waals surface area contributed by atoms with Gasteiger partial charge in [0.05, 0.1) is 0 Å². The number of benzene rings is 9. The van der Waals surface area contributed by atoms with Crippen LogP contribution in [0.1, 0.15) is 111 Å². The second-order valence-corrected chi connectivity index (χ2v) is 22.7. The fraction of sp³-hybridized carbons (Fsp3) is 0.206. The number of hydrogen-bond acceptors (Lipinski definition) is 2. The predicted molar refractivity (Wildman–Crippen MR) is 296 cm³/mol. The van der Waals surface area contributed by atoms with E-state index < -0.39 is 0 Å². The fourth-order valence-corrected chi connectivity index (χ4v) is 13.8. The molecule has 9 aromatic carbocycles. The number of anilines is 6. The molecular weight excluding hydrogens is 845 g/mol. The summed E-state index contributed by atoms with van der Waals surface area (Å²) in [5.74, 6) is 0. The molecule has 0 amide bonds. The van der Waals surface area contributed by atoms with Crippen LogP contribution in [-0.4, -0.2) is 0 Å². The van der Waals surface area contributed by atoms with Gasteiger partial charge in [0.15, 0.2) is 0 Å². The van der Waals surface area contributed by atoms with E-state index >= 15 is 0 Å². The first-order chi connectivity index (χ1) is 33.6. The Morgan fingerprint density at radius 3 is 0.986 bits per heavy atom. The van der Waals surface area contributed by atoms with Gasteiger partial charge >= 0.3 is 0 Å². The van der Waals surface area contributed by atoms with Crippen molar-refractivity contribution in [1.82, 2.24) is 0 Å². The summed E-state index contributed by atoms with van der Waals surface area (Å²) in [5.41, 5.74) is 31.1. The molecular formula is C68H60N2. The molecule has 0 fully saturated rings. The summed E-state index contributed by atoms with van der Waals surface area (Å²) in [6.45, 7) is 24.1. The Bertz CT molecular complexity index is 3440. The molecule has 4 aliphatic carbocycles. The number of fused-ring (bicyclic) bond motifs is 13. The van der Waals surface area contributed by atoms with Crippen molar-refractivity contribution in [2.45, 2.75) is 90.9 Å². The fourth-order valence-electron chi connectivity index (χ4n) is 13.8. The van der Waals surface area contributed by atoms with Crippen molar-refractivity contribution < 1.29 is 0 Å². The number of para-hydroxylation sites is 2. The molecule has 2 heteroatoms. The van der Waals surface area contributed by atoms with E-state index in [0.29, 0.717) is 0 Å². The van der Waals surface area contributed by atoms with Gasteiger partial charge in [0.1, 0.15) is 0 Å². The molecule has 0 aliphatic heterocycles. The smallest absolute Gasteiger partial charge is 0.0467 e. The predicted octanol–water partition coefficient (Wildman–Crippen LogP) is 18.5. The van der Waals surface area contributed by atoms with E-state index in [0.717, 1.165) is 11.4 Å². The molecule has 0 aromatic heterocycles. The zero-order valence-electron chi connectivity index (χ0n) is 42.2. The van der Waals surface area contributed by atoms with Crippen LogP contribution in [0.3, 0.4) is 0 Å². The first-order valence-electron chi connectivity index (χ1n) is 25.3. The molecule has 0 radical (unpaired) electrons. The molecule has 342 valence electrons. The van der Waals surface area contributed by atoms with Crippen LogP contribution in [0.25, 0.3) is 44.5 Å². The quantitative estimate of drug-likeness (QED) is 0.164. The Labute approximate surface area is 414 Å². The largest absolute Gasteiger partial charge is 0.310 e. The standard InChI is InChI=1S/C68H60N2/c1-41-35-47(69(43-21-13-11-14-22-43)45-29-31-51-49-25-17-19-27-55(49)65(3,4)57(51)37-45)39-59-61(41)53-33-34-54-62-42(2)36-48(40-60(62)68(9,10)64(54)63(53)67(59,7)8)70(44-23-15-12-16-24-44)46-30-32-52-50-26-18-20-28-56(50)66(5,6)58(52)38-46/h11-40H,1-10H3. The van der Waals surface area contributed by atoms with E-state index in [1.165, 1.54) is 123 Å². The van der Waals surface area contributed by atoms with Gasteiger partial charge in [-0.25, -0.2) is 0 Å². The topological polar surface area (TPSA) is 6.48 Å². The van der Waals surface area contributed by atoms with Gasteiger partial charge in [0.25, 0.3) is 0 Å². The average Bonchev–Trinajstić information content (AvgIpc) is 3.92. The van der Waals surface area contributed by atoms with Gasteiger partial charge in [-0.3, -0.25) is 0 Å².